The van der Waals surface area contributed by atoms with Gasteiger partial charge >= 0.3 is 0 Å². The Kier molecular flexibility index (Phi) is 5.02. The average Bonchev–Trinajstić information content (AvgIpc) is 3.36. The van der Waals surface area contributed by atoms with Crippen LogP contribution in [0.3, 0.4) is 0 Å². The molecule has 2 amide bonds. The second-order valence-corrected chi connectivity index (χ2v) is 7.11. The zero-order chi connectivity index (χ0) is 18.8. The van der Waals surface area contributed by atoms with Gasteiger partial charge in [-0.05, 0) is 24.8 Å². The number of carbonyl (C=O) groups is 2. The van der Waals surface area contributed by atoms with Gasteiger partial charge in [-0.1, -0.05) is 31.2 Å². The minimum atomic E-state index is -0.130. The topological polar surface area (TPSA) is 75.2 Å². The maximum Gasteiger partial charge on any atom is 0.257 e. The number of nitrogens with one attached hydrogen (secondary N) is 1. The molecule has 1 N–H and O–H groups in total. The molecular formula is C20H24N4O2. The zero-order valence-electron chi connectivity index (χ0n) is 15.6. The third-order valence-corrected chi connectivity index (χ3v) is 4.69. The second kappa shape index (κ2) is 7.23. The lowest BCUT2D eigenvalue weighted by molar-refractivity contribution is -0.122. The smallest absolute Gasteiger partial charge is 0.257 e. The summed E-state index contributed by atoms with van der Waals surface area (Å²) in [5, 5.41) is 2.98. The Bertz CT molecular complexity index is 830. The lowest BCUT2D eigenvalue weighted by Gasteiger charge is -2.14. The first-order valence-electron chi connectivity index (χ1n) is 8.79. The van der Waals surface area contributed by atoms with Crippen molar-refractivity contribution in [2.45, 2.75) is 26.8 Å². The van der Waals surface area contributed by atoms with Crippen molar-refractivity contribution in [2.75, 3.05) is 14.1 Å². The van der Waals surface area contributed by atoms with Crippen LogP contribution in [0, 0.1) is 18.8 Å². The molecule has 1 aromatic heterocycles. The summed E-state index contributed by atoms with van der Waals surface area (Å²) in [6, 6.07) is 7.76. The van der Waals surface area contributed by atoms with Crippen molar-refractivity contribution in [3.05, 3.63) is 47.4 Å². The van der Waals surface area contributed by atoms with Crippen LogP contribution >= 0.6 is 0 Å². The van der Waals surface area contributed by atoms with Crippen molar-refractivity contribution in [1.82, 2.24) is 20.2 Å². The van der Waals surface area contributed by atoms with Crippen LogP contribution in [-0.2, 0) is 11.3 Å². The molecule has 2 atom stereocenters. The van der Waals surface area contributed by atoms with E-state index in [4.69, 9.17) is 0 Å². The number of nitrogens with zero attached hydrogens (tertiary/aromatic N) is 3. The molecule has 1 saturated carbocycles. The summed E-state index contributed by atoms with van der Waals surface area (Å²) < 4.78 is 0. The van der Waals surface area contributed by atoms with E-state index in [0.717, 1.165) is 17.5 Å². The van der Waals surface area contributed by atoms with Crippen LogP contribution in [0.2, 0.25) is 0 Å². The summed E-state index contributed by atoms with van der Waals surface area (Å²) in [6.45, 7) is 4.40. The fraction of sp³-hybridized carbons (Fsp3) is 0.400. The number of rotatable bonds is 5. The maximum atomic E-state index is 12.4. The van der Waals surface area contributed by atoms with Crippen molar-refractivity contribution in [1.29, 1.82) is 0 Å². The van der Waals surface area contributed by atoms with Crippen molar-refractivity contribution in [2.24, 2.45) is 11.8 Å². The highest BCUT2D eigenvalue weighted by Crippen LogP contribution is 2.37. The third kappa shape index (κ3) is 3.90. The average molecular weight is 352 g/mol. The molecule has 3 rings (SSSR count). The highest BCUT2D eigenvalue weighted by atomic mass is 16.2. The standard InChI is InChI=1S/C20H24N4O2/c1-12-9-16(12)19(25)22-10-14-5-7-15(8-6-14)18-17(20(26)24(3)4)11-21-13(2)23-18/h5-8,11-12,16H,9-10H2,1-4H3,(H,22,25)/t12-,16-/m1/s1. The van der Waals surface area contributed by atoms with Crippen molar-refractivity contribution in [3.8, 4) is 11.3 Å². The minimum Gasteiger partial charge on any atom is -0.352 e. The van der Waals surface area contributed by atoms with Gasteiger partial charge in [0.05, 0.1) is 11.3 Å². The van der Waals surface area contributed by atoms with Crippen LogP contribution in [0.4, 0.5) is 0 Å². The van der Waals surface area contributed by atoms with Crippen LogP contribution < -0.4 is 5.32 Å². The molecule has 1 heterocycles. The Morgan fingerprint density at radius 2 is 1.88 bits per heavy atom. The molecule has 1 fully saturated rings. The first kappa shape index (κ1) is 18.0. The highest BCUT2D eigenvalue weighted by Gasteiger charge is 2.38. The van der Waals surface area contributed by atoms with Gasteiger partial charge in [-0.25, -0.2) is 9.97 Å². The molecule has 0 aliphatic heterocycles. The Hall–Kier alpha value is -2.76. The zero-order valence-corrected chi connectivity index (χ0v) is 15.6. The van der Waals surface area contributed by atoms with Crippen molar-refractivity contribution in [3.63, 3.8) is 0 Å². The molecule has 26 heavy (non-hydrogen) atoms. The number of carbonyl (C=O) groups excluding carboxylic acids is 2. The van der Waals surface area contributed by atoms with E-state index >= 15 is 0 Å². The van der Waals surface area contributed by atoms with Crippen LogP contribution in [0.5, 0.6) is 0 Å². The van der Waals surface area contributed by atoms with E-state index in [9.17, 15) is 9.59 Å². The van der Waals surface area contributed by atoms with Gasteiger partial charge in [0.1, 0.15) is 5.82 Å². The molecule has 0 spiro atoms. The molecule has 6 nitrogen and oxygen atoms in total. The lowest BCUT2D eigenvalue weighted by Crippen LogP contribution is -2.24. The molecule has 0 unspecified atom stereocenters. The third-order valence-electron chi connectivity index (χ3n) is 4.69. The predicted molar refractivity (Wildman–Crippen MR) is 99.3 cm³/mol. The van der Waals surface area contributed by atoms with Crippen LogP contribution in [0.25, 0.3) is 11.3 Å². The first-order chi connectivity index (χ1) is 12.4. The molecule has 1 aromatic carbocycles. The van der Waals surface area contributed by atoms with Gasteiger partial charge in [0.25, 0.3) is 5.91 Å². The van der Waals surface area contributed by atoms with Gasteiger partial charge in [0.15, 0.2) is 0 Å². The minimum absolute atomic E-state index is 0.130. The molecule has 0 radical (unpaired) electrons. The summed E-state index contributed by atoms with van der Waals surface area (Å²) in [7, 11) is 3.41. The maximum absolute atomic E-state index is 12.4. The summed E-state index contributed by atoms with van der Waals surface area (Å²) in [5.74, 6) is 1.30. The number of benzene rings is 1. The van der Waals surface area contributed by atoms with Crippen LogP contribution in [0.1, 0.15) is 35.1 Å². The predicted octanol–water partition coefficient (Wildman–Crippen LogP) is 2.43. The van der Waals surface area contributed by atoms with Gasteiger partial charge < -0.3 is 10.2 Å². The summed E-state index contributed by atoms with van der Waals surface area (Å²) in [4.78, 5) is 34.5. The first-order valence-corrected chi connectivity index (χ1v) is 8.79. The number of hydrogen-bond acceptors (Lipinski definition) is 4. The Labute approximate surface area is 153 Å². The summed E-state index contributed by atoms with van der Waals surface area (Å²) >= 11 is 0. The molecular weight excluding hydrogens is 328 g/mol. The number of amides is 2. The molecule has 1 aliphatic carbocycles. The number of aryl methyl sites for hydroxylation is 1. The van der Waals surface area contributed by atoms with E-state index in [-0.39, 0.29) is 17.7 Å². The fourth-order valence-electron chi connectivity index (χ4n) is 2.88. The van der Waals surface area contributed by atoms with E-state index in [1.807, 2.05) is 24.3 Å². The fourth-order valence-corrected chi connectivity index (χ4v) is 2.88. The van der Waals surface area contributed by atoms with Crippen molar-refractivity contribution < 1.29 is 9.59 Å². The van der Waals surface area contributed by atoms with Gasteiger partial charge in [0, 0.05) is 38.3 Å². The van der Waals surface area contributed by atoms with Gasteiger partial charge in [-0.15, -0.1) is 0 Å². The molecule has 0 bridgehead atoms. The quantitative estimate of drug-likeness (QED) is 0.897. The van der Waals surface area contributed by atoms with Gasteiger partial charge in [-0.3, -0.25) is 9.59 Å². The SMILES string of the molecule is Cc1ncc(C(=O)N(C)C)c(-c2ccc(CNC(=O)[C@@H]3C[C@H]3C)cc2)n1. The van der Waals surface area contributed by atoms with Crippen molar-refractivity contribution >= 4 is 11.8 Å². The summed E-state index contributed by atoms with van der Waals surface area (Å²) in [6.07, 6.45) is 2.56. The lowest BCUT2D eigenvalue weighted by atomic mass is 10.0. The normalized spacial score (nSPS) is 18.3. The van der Waals surface area contributed by atoms with Gasteiger partial charge in [0.2, 0.25) is 5.91 Å². The molecule has 0 saturated heterocycles. The molecule has 1 aliphatic rings. The number of aromatic nitrogens is 2. The largest absolute Gasteiger partial charge is 0.352 e. The molecule has 2 aromatic rings. The van der Waals surface area contributed by atoms with E-state index in [0.29, 0.717) is 29.5 Å². The van der Waals surface area contributed by atoms with Crippen LogP contribution in [-0.4, -0.2) is 40.8 Å². The van der Waals surface area contributed by atoms with E-state index in [2.05, 4.69) is 22.2 Å². The monoisotopic (exact) mass is 352 g/mol. The molecule has 6 heteroatoms. The number of hydrogen-bond donors (Lipinski definition) is 1. The Morgan fingerprint density at radius 3 is 2.46 bits per heavy atom. The summed E-state index contributed by atoms with van der Waals surface area (Å²) in [5.41, 5.74) is 2.97. The van der Waals surface area contributed by atoms with E-state index in [1.165, 1.54) is 4.90 Å². The highest BCUT2D eigenvalue weighted by molar-refractivity contribution is 5.99. The van der Waals surface area contributed by atoms with E-state index in [1.54, 1.807) is 27.2 Å². The van der Waals surface area contributed by atoms with E-state index < -0.39 is 0 Å². The second-order valence-electron chi connectivity index (χ2n) is 7.11. The Morgan fingerprint density at radius 1 is 1.23 bits per heavy atom. The molecule has 136 valence electrons. The van der Waals surface area contributed by atoms with Gasteiger partial charge in [-0.2, -0.15) is 0 Å². The van der Waals surface area contributed by atoms with Crippen LogP contribution in [0.15, 0.2) is 30.5 Å². The Balaban J connectivity index is 1.77.